The van der Waals surface area contributed by atoms with Crippen molar-refractivity contribution in [3.63, 3.8) is 0 Å². The summed E-state index contributed by atoms with van der Waals surface area (Å²) in [6, 6.07) is 0.356. The molecular formula is C15H26N4. The Balaban J connectivity index is 1.81. The molecule has 1 aromatic rings. The maximum absolute atomic E-state index is 5.91. The molecule has 0 aromatic carbocycles. The second-order valence-electron chi connectivity index (χ2n) is 5.53. The zero-order valence-electron chi connectivity index (χ0n) is 12.0. The van der Waals surface area contributed by atoms with Gasteiger partial charge in [-0.1, -0.05) is 26.2 Å². The molecule has 106 valence electrons. The molecule has 1 saturated heterocycles. The summed E-state index contributed by atoms with van der Waals surface area (Å²) in [6.45, 7) is 4.20. The van der Waals surface area contributed by atoms with E-state index in [1.165, 1.54) is 31.2 Å². The average Bonchev–Trinajstić information content (AvgIpc) is 2.45. The lowest BCUT2D eigenvalue weighted by atomic mass is 10.1. The van der Waals surface area contributed by atoms with E-state index in [2.05, 4.69) is 21.8 Å². The lowest BCUT2D eigenvalue weighted by Gasteiger charge is -2.30. The fourth-order valence-corrected chi connectivity index (χ4v) is 2.50. The van der Waals surface area contributed by atoms with E-state index < -0.39 is 0 Å². The molecule has 19 heavy (non-hydrogen) atoms. The third-order valence-electron chi connectivity index (χ3n) is 3.83. The van der Waals surface area contributed by atoms with Gasteiger partial charge >= 0.3 is 0 Å². The molecule has 1 aliphatic rings. The van der Waals surface area contributed by atoms with Crippen molar-refractivity contribution >= 4 is 5.95 Å². The fourth-order valence-electron chi connectivity index (χ4n) is 2.50. The number of nitrogens with two attached hydrogens (primary N) is 1. The van der Waals surface area contributed by atoms with Gasteiger partial charge in [-0.3, -0.25) is 0 Å². The highest BCUT2D eigenvalue weighted by Gasteiger charge is 2.17. The van der Waals surface area contributed by atoms with Gasteiger partial charge in [0, 0.05) is 31.5 Å². The maximum Gasteiger partial charge on any atom is 0.225 e. The fraction of sp³-hybridized carbons (Fsp3) is 0.733. The summed E-state index contributed by atoms with van der Waals surface area (Å²) in [5.74, 6) is 0.865. The van der Waals surface area contributed by atoms with Gasteiger partial charge in [-0.25, -0.2) is 9.97 Å². The standard InChI is InChI=1S/C15H26N4/c1-2-3-4-5-6-13-11-17-15(18-12-13)19-9-7-14(16)8-10-19/h11-12,14H,2-10,16H2,1H3. The third kappa shape index (κ3) is 4.46. The highest BCUT2D eigenvalue weighted by Crippen LogP contribution is 2.15. The Bertz CT molecular complexity index is 355. The molecular weight excluding hydrogens is 236 g/mol. The molecule has 0 unspecified atom stereocenters. The first-order chi connectivity index (χ1) is 9.29. The molecule has 0 aliphatic carbocycles. The van der Waals surface area contributed by atoms with E-state index in [1.807, 2.05) is 12.4 Å². The summed E-state index contributed by atoms with van der Waals surface area (Å²) in [7, 11) is 0. The van der Waals surface area contributed by atoms with Crippen LogP contribution in [0.4, 0.5) is 5.95 Å². The number of unbranched alkanes of at least 4 members (excludes halogenated alkanes) is 3. The zero-order valence-corrected chi connectivity index (χ0v) is 12.0. The van der Waals surface area contributed by atoms with Crippen LogP contribution in [0, 0.1) is 0 Å². The van der Waals surface area contributed by atoms with E-state index >= 15 is 0 Å². The summed E-state index contributed by atoms with van der Waals surface area (Å²) in [5.41, 5.74) is 7.17. The van der Waals surface area contributed by atoms with Gasteiger partial charge in [-0.05, 0) is 31.2 Å². The number of aryl methyl sites for hydroxylation is 1. The van der Waals surface area contributed by atoms with Crippen molar-refractivity contribution in [3.8, 4) is 0 Å². The van der Waals surface area contributed by atoms with Gasteiger partial charge in [0.05, 0.1) is 0 Å². The van der Waals surface area contributed by atoms with E-state index in [-0.39, 0.29) is 0 Å². The van der Waals surface area contributed by atoms with Crippen molar-refractivity contribution in [2.45, 2.75) is 57.9 Å². The summed E-state index contributed by atoms with van der Waals surface area (Å²) in [4.78, 5) is 11.2. The van der Waals surface area contributed by atoms with E-state index in [1.54, 1.807) is 0 Å². The minimum Gasteiger partial charge on any atom is -0.341 e. The van der Waals surface area contributed by atoms with Crippen LogP contribution in [0.25, 0.3) is 0 Å². The number of rotatable bonds is 6. The molecule has 1 aromatic heterocycles. The number of piperidine rings is 1. The molecule has 0 atom stereocenters. The van der Waals surface area contributed by atoms with Gasteiger partial charge in [0.1, 0.15) is 0 Å². The Morgan fingerprint density at radius 2 is 1.84 bits per heavy atom. The average molecular weight is 262 g/mol. The first-order valence-electron chi connectivity index (χ1n) is 7.61. The maximum atomic E-state index is 5.91. The molecule has 4 heteroatoms. The number of nitrogens with zero attached hydrogens (tertiary/aromatic N) is 3. The van der Waals surface area contributed by atoms with Gasteiger partial charge in [0.15, 0.2) is 0 Å². The molecule has 2 heterocycles. The summed E-state index contributed by atoms with van der Waals surface area (Å²) in [5, 5.41) is 0. The summed E-state index contributed by atoms with van der Waals surface area (Å²) >= 11 is 0. The van der Waals surface area contributed by atoms with Crippen LogP contribution in [0.15, 0.2) is 12.4 Å². The predicted molar refractivity (Wildman–Crippen MR) is 79.3 cm³/mol. The van der Waals surface area contributed by atoms with Crippen molar-refractivity contribution in [1.82, 2.24) is 9.97 Å². The molecule has 0 spiro atoms. The third-order valence-corrected chi connectivity index (χ3v) is 3.83. The van der Waals surface area contributed by atoms with Gasteiger partial charge in [0.25, 0.3) is 0 Å². The van der Waals surface area contributed by atoms with Crippen LogP contribution in [0.2, 0.25) is 0 Å². The smallest absolute Gasteiger partial charge is 0.225 e. The van der Waals surface area contributed by atoms with E-state index in [4.69, 9.17) is 5.73 Å². The largest absolute Gasteiger partial charge is 0.341 e. The van der Waals surface area contributed by atoms with Gasteiger partial charge in [0.2, 0.25) is 5.95 Å². The van der Waals surface area contributed by atoms with Gasteiger partial charge in [-0.2, -0.15) is 0 Å². The molecule has 1 aliphatic heterocycles. The second-order valence-corrected chi connectivity index (χ2v) is 5.53. The van der Waals surface area contributed by atoms with Crippen molar-refractivity contribution in [1.29, 1.82) is 0 Å². The number of hydrogen-bond donors (Lipinski definition) is 1. The normalized spacial score (nSPS) is 16.8. The summed E-state index contributed by atoms with van der Waals surface area (Å²) < 4.78 is 0. The molecule has 2 rings (SSSR count). The van der Waals surface area contributed by atoms with Crippen LogP contribution in [-0.4, -0.2) is 29.1 Å². The molecule has 0 radical (unpaired) electrons. The number of hydrogen-bond acceptors (Lipinski definition) is 4. The van der Waals surface area contributed by atoms with Crippen LogP contribution in [0.5, 0.6) is 0 Å². The molecule has 2 N–H and O–H groups in total. The molecule has 0 bridgehead atoms. The van der Waals surface area contributed by atoms with Crippen LogP contribution in [0.3, 0.4) is 0 Å². The minimum atomic E-state index is 0.356. The van der Waals surface area contributed by atoms with E-state index in [0.717, 1.165) is 38.3 Å². The van der Waals surface area contributed by atoms with Crippen molar-refractivity contribution in [2.24, 2.45) is 5.73 Å². The summed E-state index contributed by atoms with van der Waals surface area (Å²) in [6.07, 6.45) is 12.3. The monoisotopic (exact) mass is 262 g/mol. The first-order valence-corrected chi connectivity index (χ1v) is 7.61. The Morgan fingerprint density at radius 1 is 1.16 bits per heavy atom. The first kappa shape index (κ1) is 14.3. The quantitative estimate of drug-likeness (QED) is 0.800. The highest BCUT2D eigenvalue weighted by molar-refractivity contribution is 5.30. The van der Waals surface area contributed by atoms with E-state index in [0.29, 0.717) is 6.04 Å². The topological polar surface area (TPSA) is 55.0 Å². The predicted octanol–water partition coefficient (Wildman–Crippen LogP) is 2.53. The lowest BCUT2D eigenvalue weighted by Crippen LogP contribution is -2.40. The Labute approximate surface area is 116 Å². The molecule has 0 amide bonds. The zero-order chi connectivity index (χ0) is 13.5. The lowest BCUT2D eigenvalue weighted by molar-refractivity contribution is 0.495. The molecule has 0 saturated carbocycles. The minimum absolute atomic E-state index is 0.356. The van der Waals surface area contributed by atoms with Gasteiger partial charge < -0.3 is 10.6 Å². The van der Waals surface area contributed by atoms with Crippen molar-refractivity contribution in [3.05, 3.63) is 18.0 Å². The molecule has 4 nitrogen and oxygen atoms in total. The number of aromatic nitrogens is 2. The Morgan fingerprint density at radius 3 is 2.47 bits per heavy atom. The van der Waals surface area contributed by atoms with Crippen LogP contribution in [0.1, 0.15) is 51.0 Å². The SMILES string of the molecule is CCCCCCc1cnc(N2CCC(N)CC2)nc1. The van der Waals surface area contributed by atoms with Gasteiger partial charge in [-0.15, -0.1) is 0 Å². The van der Waals surface area contributed by atoms with Crippen LogP contribution >= 0.6 is 0 Å². The van der Waals surface area contributed by atoms with Crippen LogP contribution in [-0.2, 0) is 6.42 Å². The number of anilines is 1. The van der Waals surface area contributed by atoms with Crippen LogP contribution < -0.4 is 10.6 Å². The Kier molecular flexibility index (Phi) is 5.58. The second kappa shape index (κ2) is 7.43. The van der Waals surface area contributed by atoms with Crippen molar-refractivity contribution in [2.75, 3.05) is 18.0 Å². The highest BCUT2D eigenvalue weighted by atomic mass is 15.2. The van der Waals surface area contributed by atoms with E-state index in [9.17, 15) is 0 Å². The molecule has 1 fully saturated rings. The Hall–Kier alpha value is -1.16. The van der Waals surface area contributed by atoms with Crippen molar-refractivity contribution < 1.29 is 0 Å².